The third-order valence-corrected chi connectivity index (χ3v) is 3.27. The van der Waals surface area contributed by atoms with Gasteiger partial charge in [-0.25, -0.2) is 4.39 Å². The van der Waals surface area contributed by atoms with E-state index in [0.717, 1.165) is 18.5 Å². The first-order chi connectivity index (χ1) is 9.08. The summed E-state index contributed by atoms with van der Waals surface area (Å²) in [6.45, 7) is 5.11. The maximum absolute atomic E-state index is 13.6. The Balaban J connectivity index is 2.82. The molecule has 0 aliphatic rings. The van der Waals surface area contributed by atoms with Crippen LogP contribution in [-0.4, -0.2) is 29.7 Å². The zero-order valence-corrected chi connectivity index (χ0v) is 11.9. The molecule has 0 aromatic heterocycles. The summed E-state index contributed by atoms with van der Waals surface area (Å²) < 4.78 is 13.6. The van der Waals surface area contributed by atoms with Crippen molar-refractivity contribution >= 4 is 0 Å². The summed E-state index contributed by atoms with van der Waals surface area (Å²) in [6, 6.07) is 5.54. The molecule has 1 rings (SSSR count). The van der Waals surface area contributed by atoms with Crippen LogP contribution in [-0.2, 0) is 6.54 Å². The van der Waals surface area contributed by atoms with Crippen molar-refractivity contribution in [1.29, 1.82) is 0 Å². The summed E-state index contributed by atoms with van der Waals surface area (Å²) in [6.07, 6.45) is 1.46. The number of halogens is 1. The lowest BCUT2D eigenvalue weighted by Crippen LogP contribution is -2.27. The molecule has 1 aromatic rings. The van der Waals surface area contributed by atoms with Gasteiger partial charge in [-0.2, -0.15) is 0 Å². The molecule has 0 amide bonds. The standard InChI is InChI=1S/C16H22FNO/c1-4-13(2)18(3)12-14-8-9-16(17)15(11-14)7-5-6-10-19/h8-9,11,13,19H,4,6,10,12H2,1-3H3. The monoisotopic (exact) mass is 263 g/mol. The number of aliphatic hydroxyl groups excluding tert-OH is 1. The quantitative estimate of drug-likeness (QED) is 0.826. The second-order valence-electron chi connectivity index (χ2n) is 4.76. The molecule has 0 spiro atoms. The summed E-state index contributed by atoms with van der Waals surface area (Å²) in [5.74, 6) is 5.22. The van der Waals surface area contributed by atoms with Gasteiger partial charge in [-0.15, -0.1) is 0 Å². The number of hydrogen-bond acceptors (Lipinski definition) is 2. The molecule has 0 radical (unpaired) electrons. The predicted octanol–water partition coefficient (Wildman–Crippen LogP) is 2.79. The van der Waals surface area contributed by atoms with Crippen LogP contribution in [0.5, 0.6) is 0 Å². The Morgan fingerprint density at radius 3 is 2.79 bits per heavy atom. The van der Waals surface area contributed by atoms with Gasteiger partial charge in [0, 0.05) is 19.0 Å². The largest absolute Gasteiger partial charge is 0.395 e. The second-order valence-corrected chi connectivity index (χ2v) is 4.76. The minimum Gasteiger partial charge on any atom is -0.395 e. The molecule has 1 aromatic carbocycles. The normalized spacial score (nSPS) is 12.1. The summed E-state index contributed by atoms with van der Waals surface area (Å²) in [5.41, 5.74) is 1.46. The van der Waals surface area contributed by atoms with E-state index in [2.05, 4.69) is 37.6 Å². The Hall–Kier alpha value is -1.37. The predicted molar refractivity (Wildman–Crippen MR) is 76.2 cm³/mol. The smallest absolute Gasteiger partial charge is 0.138 e. The molecule has 0 aliphatic heterocycles. The van der Waals surface area contributed by atoms with E-state index in [-0.39, 0.29) is 12.4 Å². The topological polar surface area (TPSA) is 23.5 Å². The average molecular weight is 263 g/mol. The van der Waals surface area contributed by atoms with Crippen molar-refractivity contribution < 1.29 is 9.50 Å². The number of hydrogen-bond donors (Lipinski definition) is 1. The number of rotatable bonds is 5. The molecular weight excluding hydrogens is 241 g/mol. The van der Waals surface area contributed by atoms with Gasteiger partial charge in [0.2, 0.25) is 0 Å². The zero-order chi connectivity index (χ0) is 14.3. The van der Waals surface area contributed by atoms with E-state index < -0.39 is 0 Å². The number of benzene rings is 1. The van der Waals surface area contributed by atoms with Gasteiger partial charge in [-0.3, -0.25) is 4.90 Å². The lowest BCUT2D eigenvalue weighted by molar-refractivity contribution is 0.244. The van der Waals surface area contributed by atoms with Gasteiger partial charge in [0.1, 0.15) is 5.82 Å². The highest BCUT2D eigenvalue weighted by atomic mass is 19.1. The van der Waals surface area contributed by atoms with Crippen LogP contribution in [0.3, 0.4) is 0 Å². The van der Waals surface area contributed by atoms with Gasteiger partial charge in [0.25, 0.3) is 0 Å². The van der Waals surface area contributed by atoms with E-state index in [9.17, 15) is 4.39 Å². The molecule has 0 heterocycles. The first-order valence-electron chi connectivity index (χ1n) is 6.66. The van der Waals surface area contributed by atoms with Gasteiger partial charge in [-0.05, 0) is 38.1 Å². The van der Waals surface area contributed by atoms with Crippen molar-refractivity contribution in [2.45, 2.75) is 39.3 Å². The fourth-order valence-corrected chi connectivity index (χ4v) is 1.74. The van der Waals surface area contributed by atoms with Gasteiger partial charge < -0.3 is 5.11 Å². The van der Waals surface area contributed by atoms with Gasteiger partial charge in [0.05, 0.1) is 12.2 Å². The van der Waals surface area contributed by atoms with Crippen LogP contribution < -0.4 is 0 Å². The second kappa shape index (κ2) is 7.93. The molecule has 3 heteroatoms. The van der Waals surface area contributed by atoms with Crippen LogP contribution >= 0.6 is 0 Å². The van der Waals surface area contributed by atoms with E-state index in [1.54, 1.807) is 12.1 Å². The number of nitrogens with zero attached hydrogens (tertiary/aromatic N) is 1. The summed E-state index contributed by atoms with van der Waals surface area (Å²) in [5, 5.41) is 8.67. The summed E-state index contributed by atoms with van der Waals surface area (Å²) in [7, 11) is 2.06. The third kappa shape index (κ3) is 5.02. The van der Waals surface area contributed by atoms with E-state index >= 15 is 0 Å². The highest BCUT2D eigenvalue weighted by molar-refractivity contribution is 5.38. The van der Waals surface area contributed by atoms with Crippen LogP contribution in [0.25, 0.3) is 0 Å². The molecule has 0 saturated carbocycles. The fourth-order valence-electron chi connectivity index (χ4n) is 1.74. The SMILES string of the molecule is CCC(C)N(C)Cc1ccc(F)c(C#CCCO)c1. The lowest BCUT2D eigenvalue weighted by Gasteiger charge is -2.23. The lowest BCUT2D eigenvalue weighted by atomic mass is 10.1. The van der Waals surface area contributed by atoms with E-state index in [0.29, 0.717) is 18.0 Å². The van der Waals surface area contributed by atoms with Crippen LogP contribution in [0.4, 0.5) is 4.39 Å². The van der Waals surface area contributed by atoms with E-state index in [1.807, 2.05) is 0 Å². The molecule has 0 fully saturated rings. The van der Waals surface area contributed by atoms with Crippen LogP contribution in [0, 0.1) is 17.7 Å². The zero-order valence-electron chi connectivity index (χ0n) is 11.9. The van der Waals surface area contributed by atoms with Crippen molar-refractivity contribution in [2.24, 2.45) is 0 Å². The summed E-state index contributed by atoms with van der Waals surface area (Å²) in [4.78, 5) is 2.23. The molecule has 0 bridgehead atoms. The highest BCUT2D eigenvalue weighted by Crippen LogP contribution is 2.13. The minimum absolute atomic E-state index is 0.00502. The van der Waals surface area contributed by atoms with E-state index in [4.69, 9.17) is 5.11 Å². The molecule has 19 heavy (non-hydrogen) atoms. The molecule has 1 N–H and O–H groups in total. The summed E-state index contributed by atoms with van der Waals surface area (Å²) >= 11 is 0. The Bertz CT molecular complexity index is 462. The highest BCUT2D eigenvalue weighted by Gasteiger charge is 2.08. The molecule has 0 saturated heterocycles. The fraction of sp³-hybridized carbons (Fsp3) is 0.500. The van der Waals surface area contributed by atoms with E-state index in [1.165, 1.54) is 6.07 Å². The Labute approximate surface area is 115 Å². The maximum atomic E-state index is 13.6. The molecule has 1 unspecified atom stereocenters. The maximum Gasteiger partial charge on any atom is 0.138 e. The van der Waals surface area contributed by atoms with Crippen molar-refractivity contribution in [3.63, 3.8) is 0 Å². The van der Waals surface area contributed by atoms with Crippen molar-refractivity contribution in [3.05, 3.63) is 35.1 Å². The van der Waals surface area contributed by atoms with Crippen molar-refractivity contribution in [2.75, 3.05) is 13.7 Å². The molecule has 2 nitrogen and oxygen atoms in total. The minimum atomic E-state index is -0.305. The average Bonchev–Trinajstić information content (AvgIpc) is 2.41. The molecule has 104 valence electrons. The van der Waals surface area contributed by atoms with Crippen LogP contribution in [0.2, 0.25) is 0 Å². The van der Waals surface area contributed by atoms with Gasteiger partial charge in [-0.1, -0.05) is 24.8 Å². The number of aliphatic hydroxyl groups is 1. The Morgan fingerprint density at radius 2 is 2.16 bits per heavy atom. The van der Waals surface area contributed by atoms with Crippen LogP contribution in [0.15, 0.2) is 18.2 Å². The van der Waals surface area contributed by atoms with Crippen molar-refractivity contribution in [1.82, 2.24) is 4.90 Å². The molecule has 1 atom stereocenters. The Kier molecular flexibility index (Phi) is 6.55. The van der Waals surface area contributed by atoms with Crippen LogP contribution in [0.1, 0.15) is 37.8 Å². The Morgan fingerprint density at radius 1 is 1.42 bits per heavy atom. The van der Waals surface area contributed by atoms with Gasteiger partial charge >= 0.3 is 0 Å². The third-order valence-electron chi connectivity index (χ3n) is 3.27. The van der Waals surface area contributed by atoms with Gasteiger partial charge in [0.15, 0.2) is 0 Å². The molecule has 0 aliphatic carbocycles. The first-order valence-corrected chi connectivity index (χ1v) is 6.66. The first kappa shape index (κ1) is 15.7. The van der Waals surface area contributed by atoms with Crippen molar-refractivity contribution in [3.8, 4) is 11.8 Å². The molecular formula is C16H22FNO.